The number of hydrogen-bond acceptors (Lipinski definition) is 7. The fourth-order valence-corrected chi connectivity index (χ4v) is 7.21. The molecule has 1 aromatic carbocycles. The van der Waals surface area contributed by atoms with E-state index in [1.165, 1.54) is 11.6 Å². The van der Waals surface area contributed by atoms with Crippen LogP contribution in [0.5, 0.6) is 5.75 Å². The van der Waals surface area contributed by atoms with Crippen LogP contribution in [0.15, 0.2) is 46.8 Å². The Balaban J connectivity index is 1.71. The number of carbonyl (C=O) groups excluding carboxylic acids is 3. The van der Waals surface area contributed by atoms with E-state index >= 15 is 0 Å². The number of hydrogen-bond donors (Lipinski definition) is 4. The Morgan fingerprint density at radius 2 is 1.76 bits per heavy atom. The molecule has 0 aromatic heterocycles. The summed E-state index contributed by atoms with van der Waals surface area (Å²) in [6.45, 7) is 6.58. The first-order valence-electron chi connectivity index (χ1n) is 12.7. The van der Waals surface area contributed by atoms with Crippen molar-refractivity contribution in [3.63, 3.8) is 0 Å². The minimum atomic E-state index is -2.55. The van der Waals surface area contributed by atoms with Crippen LogP contribution in [0.3, 0.4) is 0 Å². The molecule has 0 heterocycles. The van der Waals surface area contributed by atoms with Crippen molar-refractivity contribution >= 4 is 28.7 Å². The van der Waals surface area contributed by atoms with E-state index in [1.54, 1.807) is 13.8 Å². The zero-order valence-electron chi connectivity index (χ0n) is 21.6. The quantitative estimate of drug-likeness (QED) is 0.432. The van der Waals surface area contributed by atoms with Crippen molar-refractivity contribution < 1.29 is 34.8 Å². The predicted octanol–water partition coefficient (Wildman–Crippen LogP) is 4.82. The van der Waals surface area contributed by atoms with Crippen molar-refractivity contribution in [3.05, 3.63) is 63.5 Å². The average molecular weight is 505 g/mol. The summed E-state index contributed by atoms with van der Waals surface area (Å²) in [6, 6.07) is 3.31. The topological polar surface area (TPSA) is 132 Å². The van der Waals surface area contributed by atoms with Crippen LogP contribution in [0.4, 0.5) is 0 Å². The summed E-state index contributed by atoms with van der Waals surface area (Å²) in [5.74, 6) is -3.91. The van der Waals surface area contributed by atoms with Crippen LogP contribution in [0.2, 0.25) is 0 Å². The molecule has 5 rings (SSSR count). The maximum atomic E-state index is 14.0. The van der Waals surface area contributed by atoms with E-state index in [0.717, 1.165) is 37.3 Å². The number of aliphatic hydroxyl groups is 3. The van der Waals surface area contributed by atoms with E-state index in [2.05, 4.69) is 13.0 Å². The number of aromatic hydroxyl groups is 1. The fourth-order valence-electron chi connectivity index (χ4n) is 7.21. The molecule has 1 fully saturated rings. The molecule has 3 atom stereocenters. The lowest BCUT2D eigenvalue weighted by atomic mass is 9.47. The molecule has 4 aliphatic carbocycles. The number of phenolic OH excluding ortho intramolecular Hbond substituents is 1. The molecule has 1 saturated carbocycles. The maximum Gasteiger partial charge on any atom is 0.203 e. The minimum Gasteiger partial charge on any atom is -0.508 e. The van der Waals surface area contributed by atoms with E-state index < -0.39 is 50.9 Å². The zero-order valence-corrected chi connectivity index (χ0v) is 21.6. The van der Waals surface area contributed by atoms with Crippen molar-refractivity contribution in [1.82, 2.24) is 0 Å². The molecule has 7 heteroatoms. The van der Waals surface area contributed by atoms with Crippen molar-refractivity contribution in [2.75, 3.05) is 0 Å². The Labute approximate surface area is 215 Å². The van der Waals surface area contributed by atoms with E-state index in [0.29, 0.717) is 5.56 Å². The highest BCUT2D eigenvalue weighted by atomic mass is 16.3. The summed E-state index contributed by atoms with van der Waals surface area (Å²) in [5.41, 5.74) is -1.57. The van der Waals surface area contributed by atoms with Gasteiger partial charge in [-0.15, -0.1) is 0 Å². The third kappa shape index (κ3) is 3.26. The van der Waals surface area contributed by atoms with E-state index in [-0.39, 0.29) is 36.1 Å². The first-order valence-corrected chi connectivity index (χ1v) is 12.7. The van der Waals surface area contributed by atoms with Crippen LogP contribution in [-0.4, -0.2) is 43.4 Å². The molecule has 0 saturated heterocycles. The first kappa shape index (κ1) is 25.2. The Bertz CT molecular complexity index is 1420. The summed E-state index contributed by atoms with van der Waals surface area (Å²) in [5, 5.41) is 45.0. The molecule has 0 bridgehead atoms. The van der Waals surface area contributed by atoms with Crippen LogP contribution in [0.25, 0.3) is 11.3 Å². The number of allylic oxidation sites excluding steroid dienone is 5. The van der Waals surface area contributed by atoms with Gasteiger partial charge in [0.25, 0.3) is 0 Å². The van der Waals surface area contributed by atoms with Gasteiger partial charge in [0.15, 0.2) is 17.2 Å². The number of Topliss-reactive ketones (excluding diaryl/α,β-unsaturated/α-hetero) is 3. The normalized spacial score (nSPS) is 31.1. The lowest BCUT2D eigenvalue weighted by Gasteiger charge is -2.56. The number of carbonyl (C=O) groups is 3. The summed E-state index contributed by atoms with van der Waals surface area (Å²) in [7, 11) is 0. The van der Waals surface area contributed by atoms with Gasteiger partial charge in [-0.25, -0.2) is 0 Å². The van der Waals surface area contributed by atoms with E-state index in [4.69, 9.17) is 0 Å². The van der Waals surface area contributed by atoms with Crippen LogP contribution in [0.1, 0.15) is 76.5 Å². The van der Waals surface area contributed by atoms with Gasteiger partial charge in [-0.05, 0) is 55.4 Å². The molecular weight excluding hydrogens is 472 g/mol. The summed E-state index contributed by atoms with van der Waals surface area (Å²) in [6.07, 6.45) is 6.99. The van der Waals surface area contributed by atoms with Gasteiger partial charge in [0, 0.05) is 22.8 Å². The third-order valence-corrected chi connectivity index (χ3v) is 8.76. The molecule has 0 amide bonds. The van der Waals surface area contributed by atoms with Crippen LogP contribution in [-0.2, 0) is 20.8 Å². The van der Waals surface area contributed by atoms with E-state index in [1.807, 2.05) is 12.1 Å². The van der Waals surface area contributed by atoms with Gasteiger partial charge in [0.05, 0.1) is 5.56 Å². The van der Waals surface area contributed by atoms with Crippen molar-refractivity contribution in [2.24, 2.45) is 10.8 Å². The standard InChI is InChI=1S/C30H32O7/c1-5-6-16-7-8-17(11-16)18-9-10-20(32)23-19(18)12-28(3)14-29(4)13-21(33)22(15(2)31)26(35)30(29,37)27(36)24(28)25(23)34/h7-10,32,34-35,37H,5-6,11-14H2,1-4H3/t28-,29+,30+/m1/s1. The zero-order chi connectivity index (χ0) is 27.1. The Morgan fingerprint density at radius 3 is 2.41 bits per heavy atom. The SMILES string of the molecule is CCCC1=CC=C(c2ccc(O)c3c2C[C@]2(C)C[C@]4(C)CC(=O)C(C(C)=O)=C(O)[C@]4(O)C(=O)C2=C3O)C1. The summed E-state index contributed by atoms with van der Waals surface area (Å²) >= 11 is 0. The third-order valence-electron chi connectivity index (χ3n) is 8.76. The second kappa shape index (κ2) is 8.02. The molecule has 0 spiro atoms. The second-order valence-electron chi connectivity index (χ2n) is 11.5. The highest BCUT2D eigenvalue weighted by Gasteiger charge is 2.68. The molecule has 194 valence electrons. The number of aliphatic hydroxyl groups excluding tert-OH is 2. The smallest absolute Gasteiger partial charge is 0.203 e. The van der Waals surface area contributed by atoms with Gasteiger partial charge in [-0.3, -0.25) is 14.4 Å². The Morgan fingerprint density at radius 1 is 1.05 bits per heavy atom. The average Bonchev–Trinajstić information content (AvgIpc) is 3.24. The molecule has 4 N–H and O–H groups in total. The molecule has 0 radical (unpaired) electrons. The molecule has 37 heavy (non-hydrogen) atoms. The predicted molar refractivity (Wildman–Crippen MR) is 138 cm³/mol. The van der Waals surface area contributed by atoms with Gasteiger partial charge in [-0.1, -0.05) is 51.0 Å². The van der Waals surface area contributed by atoms with Crippen LogP contribution < -0.4 is 0 Å². The summed E-state index contributed by atoms with van der Waals surface area (Å²) in [4.78, 5) is 39.0. The lowest BCUT2D eigenvalue weighted by molar-refractivity contribution is -0.164. The molecule has 7 nitrogen and oxygen atoms in total. The highest BCUT2D eigenvalue weighted by Crippen LogP contribution is 2.62. The lowest BCUT2D eigenvalue weighted by Crippen LogP contribution is -2.65. The van der Waals surface area contributed by atoms with Crippen molar-refractivity contribution in [1.29, 1.82) is 0 Å². The van der Waals surface area contributed by atoms with Crippen molar-refractivity contribution in [3.8, 4) is 5.75 Å². The number of rotatable bonds is 4. The number of phenols is 1. The maximum absolute atomic E-state index is 14.0. The molecule has 4 aliphatic rings. The van der Waals surface area contributed by atoms with Gasteiger partial charge in [0.2, 0.25) is 5.78 Å². The number of ketones is 3. The number of benzene rings is 1. The van der Waals surface area contributed by atoms with Gasteiger partial charge in [-0.2, -0.15) is 0 Å². The monoisotopic (exact) mass is 504 g/mol. The highest BCUT2D eigenvalue weighted by molar-refractivity contribution is 6.23. The van der Waals surface area contributed by atoms with Crippen molar-refractivity contribution in [2.45, 2.75) is 71.8 Å². The molecular formula is C30H32O7. The summed E-state index contributed by atoms with van der Waals surface area (Å²) < 4.78 is 0. The molecule has 0 unspecified atom stereocenters. The fraction of sp³-hybridized carbons (Fsp3) is 0.433. The first-order chi connectivity index (χ1) is 17.3. The van der Waals surface area contributed by atoms with Crippen LogP contribution >= 0.6 is 0 Å². The van der Waals surface area contributed by atoms with Gasteiger partial charge < -0.3 is 20.4 Å². The Kier molecular flexibility index (Phi) is 5.47. The van der Waals surface area contributed by atoms with Gasteiger partial charge in [0.1, 0.15) is 22.8 Å². The van der Waals surface area contributed by atoms with Crippen LogP contribution in [0, 0.1) is 10.8 Å². The number of fused-ring (bicyclic) bond motifs is 3. The molecule has 0 aliphatic heterocycles. The molecule has 1 aromatic rings. The minimum absolute atomic E-state index is 0.0928. The van der Waals surface area contributed by atoms with E-state index in [9.17, 15) is 34.8 Å². The second-order valence-corrected chi connectivity index (χ2v) is 11.5. The largest absolute Gasteiger partial charge is 0.508 e. The van der Waals surface area contributed by atoms with Gasteiger partial charge >= 0.3 is 0 Å². The Hall–Kier alpha value is -3.45.